The minimum atomic E-state index is -0.156. The second-order valence-electron chi connectivity index (χ2n) is 5.50. The van der Waals surface area contributed by atoms with Gasteiger partial charge in [-0.1, -0.05) is 15.9 Å². The third-order valence-corrected chi connectivity index (χ3v) is 4.60. The first-order chi connectivity index (χ1) is 11.5. The van der Waals surface area contributed by atoms with Gasteiger partial charge in [0.1, 0.15) is 5.75 Å². The third kappa shape index (κ3) is 3.19. The van der Waals surface area contributed by atoms with Crippen molar-refractivity contribution in [2.45, 2.75) is 13.8 Å². The summed E-state index contributed by atoms with van der Waals surface area (Å²) in [7, 11) is 0. The SMILES string of the molecule is Cc1cc(-n2[nH]c(C)c(C=Nc3ccc(O)cc3)c2=O)ccc1Br. The van der Waals surface area contributed by atoms with Crippen molar-refractivity contribution in [1.82, 2.24) is 9.78 Å². The van der Waals surface area contributed by atoms with Gasteiger partial charge in [-0.25, -0.2) is 4.68 Å². The summed E-state index contributed by atoms with van der Waals surface area (Å²) < 4.78 is 2.50. The molecule has 0 radical (unpaired) electrons. The van der Waals surface area contributed by atoms with Gasteiger partial charge in [-0.3, -0.25) is 14.9 Å². The van der Waals surface area contributed by atoms with Crippen molar-refractivity contribution in [3.63, 3.8) is 0 Å². The number of benzene rings is 2. The van der Waals surface area contributed by atoms with E-state index in [4.69, 9.17) is 0 Å². The predicted molar refractivity (Wildman–Crippen MR) is 98.9 cm³/mol. The minimum Gasteiger partial charge on any atom is -0.508 e. The fraction of sp³-hybridized carbons (Fsp3) is 0.111. The lowest BCUT2D eigenvalue weighted by molar-refractivity contribution is 0.475. The van der Waals surface area contributed by atoms with E-state index >= 15 is 0 Å². The highest BCUT2D eigenvalue weighted by Crippen LogP contribution is 2.19. The fourth-order valence-electron chi connectivity index (χ4n) is 2.34. The van der Waals surface area contributed by atoms with E-state index in [-0.39, 0.29) is 11.3 Å². The van der Waals surface area contributed by atoms with Crippen LogP contribution in [0.1, 0.15) is 16.8 Å². The van der Waals surface area contributed by atoms with Crippen molar-refractivity contribution in [1.29, 1.82) is 0 Å². The van der Waals surface area contributed by atoms with E-state index < -0.39 is 0 Å². The van der Waals surface area contributed by atoms with Gasteiger partial charge < -0.3 is 5.11 Å². The van der Waals surface area contributed by atoms with Crippen molar-refractivity contribution in [3.8, 4) is 11.4 Å². The number of phenols is 1. The molecule has 0 aliphatic rings. The Labute approximate surface area is 147 Å². The molecule has 0 fully saturated rings. The molecular weight excluding hydrogens is 370 g/mol. The van der Waals surface area contributed by atoms with E-state index in [0.717, 1.165) is 21.4 Å². The number of aromatic nitrogens is 2. The van der Waals surface area contributed by atoms with Gasteiger partial charge in [0.05, 0.1) is 16.9 Å². The highest BCUT2D eigenvalue weighted by Gasteiger charge is 2.11. The van der Waals surface area contributed by atoms with Gasteiger partial charge in [0.25, 0.3) is 5.56 Å². The quantitative estimate of drug-likeness (QED) is 0.668. The van der Waals surface area contributed by atoms with Crippen LogP contribution in [0, 0.1) is 13.8 Å². The monoisotopic (exact) mass is 385 g/mol. The van der Waals surface area contributed by atoms with Crippen LogP contribution >= 0.6 is 15.9 Å². The molecular formula is C18H16BrN3O2. The number of aromatic amines is 1. The molecule has 2 aromatic carbocycles. The van der Waals surface area contributed by atoms with Gasteiger partial charge in [0.2, 0.25) is 0 Å². The highest BCUT2D eigenvalue weighted by molar-refractivity contribution is 9.10. The Morgan fingerprint density at radius 3 is 2.54 bits per heavy atom. The van der Waals surface area contributed by atoms with Crippen LogP contribution in [0.4, 0.5) is 5.69 Å². The Morgan fingerprint density at radius 1 is 1.17 bits per heavy atom. The van der Waals surface area contributed by atoms with Crippen LogP contribution in [-0.4, -0.2) is 21.1 Å². The third-order valence-electron chi connectivity index (χ3n) is 3.71. The molecule has 0 amide bonds. The Bertz CT molecular complexity index is 969. The smallest absolute Gasteiger partial charge is 0.280 e. The van der Waals surface area contributed by atoms with Crippen LogP contribution in [-0.2, 0) is 0 Å². The van der Waals surface area contributed by atoms with Crippen molar-refractivity contribution >= 4 is 27.8 Å². The summed E-state index contributed by atoms with van der Waals surface area (Å²) in [5, 5.41) is 12.4. The maximum absolute atomic E-state index is 12.7. The van der Waals surface area contributed by atoms with Crippen LogP contribution in [0.2, 0.25) is 0 Å². The first-order valence-corrected chi connectivity index (χ1v) is 8.16. The van der Waals surface area contributed by atoms with Gasteiger partial charge in [0, 0.05) is 16.4 Å². The van der Waals surface area contributed by atoms with Crippen molar-refractivity contribution in [2.24, 2.45) is 4.99 Å². The number of hydrogen-bond donors (Lipinski definition) is 2. The molecule has 0 saturated heterocycles. The van der Waals surface area contributed by atoms with Crippen LogP contribution in [0.5, 0.6) is 5.75 Å². The predicted octanol–water partition coefficient (Wildman–Crippen LogP) is 4.00. The van der Waals surface area contributed by atoms with E-state index in [1.807, 2.05) is 32.0 Å². The molecule has 0 unspecified atom stereocenters. The van der Waals surface area contributed by atoms with E-state index in [9.17, 15) is 9.90 Å². The summed E-state index contributed by atoms with van der Waals surface area (Å²) >= 11 is 3.46. The first-order valence-electron chi connectivity index (χ1n) is 7.37. The summed E-state index contributed by atoms with van der Waals surface area (Å²) in [6.45, 7) is 3.81. The maximum atomic E-state index is 12.7. The van der Waals surface area contributed by atoms with E-state index in [2.05, 4.69) is 26.0 Å². The highest BCUT2D eigenvalue weighted by atomic mass is 79.9. The lowest BCUT2D eigenvalue weighted by Crippen LogP contribution is -2.17. The normalized spacial score (nSPS) is 11.3. The van der Waals surface area contributed by atoms with E-state index in [0.29, 0.717) is 11.3 Å². The summed E-state index contributed by atoms with van der Waals surface area (Å²) in [6, 6.07) is 12.2. The molecule has 2 N–H and O–H groups in total. The summed E-state index contributed by atoms with van der Waals surface area (Å²) in [5.74, 6) is 0.180. The number of hydrogen-bond acceptors (Lipinski definition) is 3. The Morgan fingerprint density at radius 2 is 1.88 bits per heavy atom. The Hall–Kier alpha value is -2.60. The molecule has 0 atom stereocenters. The van der Waals surface area contributed by atoms with Gasteiger partial charge in [0.15, 0.2) is 0 Å². The molecule has 1 heterocycles. The molecule has 3 aromatic rings. The molecule has 3 rings (SSSR count). The number of H-pyrrole nitrogens is 1. The number of nitrogens with zero attached hydrogens (tertiary/aromatic N) is 2. The first kappa shape index (κ1) is 16.3. The number of nitrogens with one attached hydrogen (secondary N) is 1. The molecule has 5 nitrogen and oxygen atoms in total. The molecule has 1 aromatic heterocycles. The topological polar surface area (TPSA) is 70.4 Å². The Balaban J connectivity index is 1.99. The minimum absolute atomic E-state index is 0.156. The van der Waals surface area contributed by atoms with Crippen LogP contribution in [0.25, 0.3) is 5.69 Å². The zero-order chi connectivity index (χ0) is 17.3. The maximum Gasteiger partial charge on any atom is 0.280 e. The van der Waals surface area contributed by atoms with Crippen molar-refractivity contribution in [2.75, 3.05) is 0 Å². The molecule has 24 heavy (non-hydrogen) atoms. The lowest BCUT2D eigenvalue weighted by Gasteiger charge is -2.04. The lowest BCUT2D eigenvalue weighted by atomic mass is 10.2. The molecule has 0 aliphatic carbocycles. The average molecular weight is 386 g/mol. The van der Waals surface area contributed by atoms with E-state index in [1.165, 1.54) is 4.68 Å². The zero-order valence-corrected chi connectivity index (χ0v) is 14.8. The average Bonchev–Trinajstić information content (AvgIpc) is 2.84. The second kappa shape index (κ2) is 6.49. The van der Waals surface area contributed by atoms with Gasteiger partial charge in [-0.05, 0) is 61.9 Å². The summed E-state index contributed by atoms with van der Waals surface area (Å²) in [5.41, 5.74) is 3.57. The largest absolute Gasteiger partial charge is 0.508 e. The Kier molecular flexibility index (Phi) is 4.40. The summed E-state index contributed by atoms with van der Waals surface area (Å²) in [4.78, 5) is 17.0. The number of phenolic OH excluding ortho intramolecular Hbond substituents is 1. The van der Waals surface area contributed by atoms with Gasteiger partial charge >= 0.3 is 0 Å². The molecule has 0 aliphatic heterocycles. The molecule has 122 valence electrons. The molecule has 0 spiro atoms. The van der Waals surface area contributed by atoms with E-state index in [1.54, 1.807) is 30.5 Å². The molecule has 0 bridgehead atoms. The number of aromatic hydroxyl groups is 1. The number of aryl methyl sites for hydroxylation is 2. The van der Waals surface area contributed by atoms with Crippen molar-refractivity contribution in [3.05, 3.63) is 74.1 Å². The fourth-order valence-corrected chi connectivity index (χ4v) is 2.59. The van der Waals surface area contributed by atoms with Gasteiger partial charge in [-0.2, -0.15) is 0 Å². The number of aliphatic imine (C=N–C) groups is 1. The number of halogens is 1. The molecule has 0 saturated carbocycles. The number of rotatable bonds is 3. The van der Waals surface area contributed by atoms with Crippen LogP contribution in [0.15, 0.2) is 56.7 Å². The van der Waals surface area contributed by atoms with Crippen LogP contribution in [0.3, 0.4) is 0 Å². The molecule has 6 heteroatoms. The van der Waals surface area contributed by atoms with Gasteiger partial charge in [-0.15, -0.1) is 0 Å². The summed E-state index contributed by atoms with van der Waals surface area (Å²) in [6.07, 6.45) is 1.54. The van der Waals surface area contributed by atoms with Crippen molar-refractivity contribution < 1.29 is 5.11 Å². The second-order valence-corrected chi connectivity index (χ2v) is 6.35. The zero-order valence-electron chi connectivity index (χ0n) is 13.2. The standard InChI is InChI=1S/C18H16BrN3O2/c1-11-9-14(5-8-17(11)19)22-18(24)16(12(2)21-22)10-20-13-3-6-15(23)7-4-13/h3-10,21,23H,1-2H3. The van der Waals surface area contributed by atoms with Crippen LogP contribution < -0.4 is 5.56 Å².